The molecule has 3 aliphatic heterocycles. The number of carbonyl (C=O) groups is 10. The summed E-state index contributed by atoms with van der Waals surface area (Å²) in [5.74, 6) is -4.58. The second kappa shape index (κ2) is 32.3. The smallest absolute Gasteiger partial charge is 0.415 e. The molecule has 10 atom stereocenters. The van der Waals surface area contributed by atoms with Gasteiger partial charge >= 0.3 is 24.2 Å². The number of halogens is 2. The second-order valence-electron chi connectivity index (χ2n) is 28.0. The van der Waals surface area contributed by atoms with Crippen molar-refractivity contribution in [2.75, 3.05) is 74.9 Å². The zero-order valence-corrected chi connectivity index (χ0v) is 59.1. The largest absolute Gasteiger partial charge is 0.479 e. The highest BCUT2D eigenvalue weighted by molar-refractivity contribution is 6.20. The summed E-state index contributed by atoms with van der Waals surface area (Å²) in [6.45, 7) is 5.88. The number of aliphatic hydroxyl groups excluding tert-OH is 3. The Morgan fingerprint density at radius 1 is 0.676 bits per heavy atom. The van der Waals surface area contributed by atoms with Crippen LogP contribution in [-0.2, 0) is 56.1 Å². The first kappa shape index (κ1) is 76.0. The number of ether oxygens (including phenoxy) is 4. The number of hydrogen-bond donors (Lipinski definition) is 9. The minimum absolute atomic E-state index is 0.0262. The monoisotopic (exact) mass is 1450 g/mol. The van der Waals surface area contributed by atoms with Crippen LogP contribution in [0.2, 0.25) is 0 Å². The highest BCUT2D eigenvalue weighted by Crippen LogP contribution is 2.75. The Hall–Kier alpha value is -8.70. The van der Waals surface area contributed by atoms with Gasteiger partial charge in [0.15, 0.2) is 17.7 Å². The molecule has 6 aliphatic rings. The van der Waals surface area contributed by atoms with Gasteiger partial charge in [0.1, 0.15) is 36.4 Å². The van der Waals surface area contributed by atoms with Crippen molar-refractivity contribution >= 4 is 116 Å². The fourth-order valence-electron chi connectivity index (χ4n) is 14.9. The first-order valence-electron chi connectivity index (χ1n) is 34.3. The number of nitrogens with zero attached hydrogens (tertiary/aromatic N) is 4. The number of unbranched alkanes of at least 4 members (excludes halogenated alkanes) is 1. The second-order valence-corrected chi connectivity index (χ2v) is 28.6. The number of nitrogens with two attached hydrogens (primary N) is 2. The van der Waals surface area contributed by atoms with E-state index in [0.717, 1.165) is 16.5 Å². The minimum atomic E-state index is -1.94. The highest BCUT2D eigenvalue weighted by atomic mass is 35.5. The van der Waals surface area contributed by atoms with E-state index in [1.807, 2.05) is 24.3 Å². The number of alkyl halides is 2. The molecule has 102 heavy (non-hydrogen) atoms. The number of carboxylic acid groups (broad SMARTS) is 1. The van der Waals surface area contributed by atoms with E-state index in [-0.39, 0.29) is 148 Å². The summed E-state index contributed by atoms with van der Waals surface area (Å²) < 4.78 is 23.4. The zero-order valence-electron chi connectivity index (χ0n) is 57.6. The van der Waals surface area contributed by atoms with Crippen LogP contribution in [-0.4, -0.2) is 198 Å². The lowest BCUT2D eigenvalue weighted by atomic mass is 9.34. The van der Waals surface area contributed by atoms with Gasteiger partial charge in [0.25, 0.3) is 0 Å². The van der Waals surface area contributed by atoms with Crippen molar-refractivity contribution in [3.05, 3.63) is 107 Å². The molecule has 3 heterocycles. The molecule has 0 aromatic heterocycles. The fourth-order valence-corrected chi connectivity index (χ4v) is 15.4. The van der Waals surface area contributed by atoms with Gasteiger partial charge in [-0.1, -0.05) is 86.6 Å². The van der Waals surface area contributed by atoms with Crippen molar-refractivity contribution in [2.24, 2.45) is 34.1 Å². The average molecular weight is 1450 g/mol. The third kappa shape index (κ3) is 16.1. The number of amides is 8. The third-order valence-electron chi connectivity index (χ3n) is 20.4. The SMILES string of the molecule is CC(=O)N[C@@H](CCCCN)C(=O)C[C@H](C(=O)N[C@@H](CCCNC(N)=O)C(=O)Cc1ccc(COC(=O)N(C)CCN(C)C(=O)Oc2cc3c(c4ccccc24)[C@H](CCl)CN3C(=O)C23CC(C(=O)N4C[C@@H](CCl)c5c4cc(O[C@@H]4O[C@H](C(=O)O)[C@@H](O)[C@H](O)[C@H]4O)c4ccccc54)(C2)C3)cc1)C(C)C. The Labute approximate surface area is 599 Å². The first-order valence-corrected chi connectivity index (χ1v) is 35.4. The number of fused-ring (bicyclic) bond motifs is 6. The summed E-state index contributed by atoms with van der Waals surface area (Å²) >= 11 is 13.3. The summed E-state index contributed by atoms with van der Waals surface area (Å²) in [5.41, 5.74) is 12.9. The normalized spacial score (nSPS) is 23.2. The number of benzene rings is 5. The number of aliphatic hydroxyl groups is 3. The number of carboxylic acids is 1. The number of carbonyl (C=O) groups excluding carboxylic acids is 9. The average Bonchev–Trinajstić information content (AvgIpc) is 0.968. The van der Waals surface area contributed by atoms with E-state index in [1.165, 1.54) is 30.8 Å². The topological polar surface area (TPSA) is 390 Å². The van der Waals surface area contributed by atoms with Crippen molar-refractivity contribution in [3.8, 4) is 11.5 Å². The molecule has 0 radical (unpaired) electrons. The molecule has 11 rings (SSSR count). The van der Waals surface area contributed by atoms with Crippen LogP contribution in [0.5, 0.6) is 11.5 Å². The lowest BCUT2D eigenvalue weighted by Crippen LogP contribution is -2.73. The van der Waals surface area contributed by atoms with Gasteiger partial charge in [-0.05, 0) is 96.9 Å². The van der Waals surface area contributed by atoms with Crippen LogP contribution in [0.3, 0.4) is 0 Å². The molecule has 5 aromatic carbocycles. The molecule has 548 valence electrons. The van der Waals surface area contributed by atoms with Gasteiger partial charge in [-0.15, -0.1) is 23.2 Å². The molecule has 2 bridgehead atoms. The number of nitrogens with one attached hydrogen (secondary N) is 3. The predicted octanol–water partition coefficient (Wildman–Crippen LogP) is 6.08. The number of primary amides is 1. The standard InChI is InChI=1S/C73H89Cl2N9O18/c1-39(2)49(28-55(87)50(79-40(3)85)17-10-11-23-76)64(91)80-51(18-12-24-78-69(77)96)54(86)27-41-19-21-42(22-20-41)35-99-70(97)81(4)25-26-82(5)71(98)101-57-30-53-59(48-16-9-7-14-46(48)57)44(32-75)34-84(53)68(95)73-36-72(37-73,38-73)67(94)83-33-43(31-74)58-47-15-8-6-13-45(47)56(29-52(58)83)100-66-62(90)60(88)61(89)63(102-66)65(92)93/h6-9,13-16,19-22,29-30,39,43-44,49-51,60-63,66,88-90H,10-12,17-18,23-28,31-38,76H2,1-5H3,(H,79,85)(H,80,91)(H,92,93)(H3,77,78,96)/t43-,44-,49+,50+,51+,60+,61+,62-,63+,66-,72?,73?/m1/s1. The number of aliphatic carboxylic acids is 1. The Morgan fingerprint density at radius 2 is 1.20 bits per heavy atom. The van der Waals surface area contributed by atoms with E-state index in [9.17, 15) is 58.8 Å². The van der Waals surface area contributed by atoms with E-state index in [0.29, 0.717) is 70.9 Å². The molecule has 27 nitrogen and oxygen atoms in total. The molecular weight excluding hydrogens is 1360 g/mol. The molecule has 29 heteroatoms. The molecule has 8 amide bonds. The van der Waals surface area contributed by atoms with E-state index < -0.39 is 89.6 Å². The Bertz CT molecular complexity index is 4010. The summed E-state index contributed by atoms with van der Waals surface area (Å²) in [6, 6.07) is 22.0. The number of urea groups is 1. The van der Waals surface area contributed by atoms with Crippen LogP contribution in [0, 0.1) is 22.7 Å². The molecule has 3 saturated carbocycles. The Morgan fingerprint density at radius 3 is 1.73 bits per heavy atom. The number of Topliss-reactive ketones (excluding diaryl/α,β-unsaturated/α-hetero) is 2. The number of anilines is 2. The number of rotatable bonds is 31. The maximum atomic E-state index is 15.1. The number of ketones is 2. The van der Waals surface area contributed by atoms with Gasteiger partial charge in [-0.2, -0.15) is 0 Å². The van der Waals surface area contributed by atoms with Crippen molar-refractivity contribution in [1.82, 2.24) is 25.8 Å². The van der Waals surface area contributed by atoms with Crippen LogP contribution >= 0.6 is 23.2 Å². The van der Waals surface area contributed by atoms with Crippen molar-refractivity contribution in [2.45, 2.75) is 146 Å². The summed E-state index contributed by atoms with van der Waals surface area (Å²) in [7, 11) is 3.03. The minimum Gasteiger partial charge on any atom is -0.479 e. The van der Waals surface area contributed by atoms with E-state index in [2.05, 4.69) is 16.0 Å². The molecule has 3 aliphatic carbocycles. The molecule has 4 fully saturated rings. The lowest BCUT2D eigenvalue weighted by Gasteiger charge is -2.69. The Balaban J connectivity index is 0.742. The molecule has 1 saturated heterocycles. The number of hydrogen-bond acceptors (Lipinski definition) is 18. The van der Waals surface area contributed by atoms with Crippen LogP contribution < -0.4 is 46.7 Å². The van der Waals surface area contributed by atoms with Gasteiger partial charge in [0.05, 0.1) is 34.3 Å². The van der Waals surface area contributed by atoms with Crippen molar-refractivity contribution < 1.29 is 87.3 Å². The molecule has 5 aromatic rings. The molecular formula is C73H89Cl2N9O18. The maximum absolute atomic E-state index is 15.1. The van der Waals surface area contributed by atoms with Gasteiger partial charge < -0.3 is 86.4 Å². The molecule has 11 N–H and O–H groups in total. The summed E-state index contributed by atoms with van der Waals surface area (Å²) in [4.78, 5) is 140. The van der Waals surface area contributed by atoms with Crippen molar-refractivity contribution in [3.63, 3.8) is 0 Å². The summed E-state index contributed by atoms with van der Waals surface area (Å²) in [6.07, 6.45) is -8.15. The molecule has 0 spiro atoms. The third-order valence-corrected chi connectivity index (χ3v) is 21.2. The van der Waals surface area contributed by atoms with Gasteiger partial charge in [-0.25, -0.2) is 19.2 Å². The highest BCUT2D eigenvalue weighted by Gasteiger charge is 2.76. The zero-order chi connectivity index (χ0) is 73.6. The van der Waals surface area contributed by atoms with E-state index in [4.69, 9.17) is 53.6 Å². The van der Waals surface area contributed by atoms with Crippen LogP contribution in [0.1, 0.15) is 113 Å². The van der Waals surface area contributed by atoms with Crippen LogP contribution in [0.25, 0.3) is 21.5 Å². The summed E-state index contributed by atoms with van der Waals surface area (Å²) in [5, 5.41) is 52.2. The van der Waals surface area contributed by atoms with Crippen LogP contribution in [0.4, 0.5) is 25.8 Å². The predicted molar refractivity (Wildman–Crippen MR) is 377 cm³/mol. The fraction of sp³-hybridized carbons (Fsp3) is 0.507. The van der Waals surface area contributed by atoms with E-state index in [1.54, 1.807) is 84.3 Å². The Kier molecular flexibility index (Phi) is 24.1. The quantitative estimate of drug-likeness (QED) is 0.0179. The van der Waals surface area contributed by atoms with Crippen LogP contribution in [0.15, 0.2) is 84.9 Å². The van der Waals surface area contributed by atoms with Gasteiger partial charge in [0.2, 0.25) is 29.9 Å². The first-order chi connectivity index (χ1) is 48.6. The van der Waals surface area contributed by atoms with Gasteiger partial charge in [-0.3, -0.25) is 28.8 Å². The number of likely N-dealkylation sites (N-methyl/N-ethyl adjacent to an activating group) is 2. The lowest BCUT2D eigenvalue weighted by molar-refractivity contribution is -0.270. The molecule has 0 unspecified atom stereocenters. The van der Waals surface area contributed by atoms with E-state index >= 15 is 9.59 Å². The maximum Gasteiger partial charge on any atom is 0.415 e. The van der Waals surface area contributed by atoms with Gasteiger partial charge in [0, 0.05) is 119 Å². The van der Waals surface area contributed by atoms with Crippen molar-refractivity contribution in [1.29, 1.82) is 0 Å².